The van der Waals surface area contributed by atoms with E-state index in [2.05, 4.69) is 0 Å². The maximum Gasteiger partial charge on any atom is 0.338 e. The number of ether oxygens (including phenoxy) is 5. The molecule has 5 rings (SSSR count). The standard InChI is InChI=1S/C27H24O7/c1-17-21(31-24(28)18-11-5-2-6-12-18)22(32-25(29)19-13-7-3-8-14-19)23-27(30-17)34-26(33-23)20-15-9-4-10-16-20/h2-17,21-23,26-27H,1H3/t17-,21+,22+,23-,26?,27-/m0/s1. The lowest BCUT2D eigenvalue weighted by molar-refractivity contribution is -0.241. The SMILES string of the molecule is C[C@@H]1O[C@H]2OC(c3ccccc3)O[C@H]2[C@H](OC(=O)c2ccccc2)[C@@H]1OC(=O)c1ccccc1. The zero-order chi connectivity index (χ0) is 23.5. The molecule has 6 atom stereocenters. The largest absolute Gasteiger partial charge is 0.452 e. The van der Waals surface area contributed by atoms with Crippen LogP contribution in [0, 0.1) is 0 Å². The van der Waals surface area contributed by atoms with E-state index in [0.29, 0.717) is 11.1 Å². The van der Waals surface area contributed by atoms with E-state index in [1.165, 1.54) is 0 Å². The summed E-state index contributed by atoms with van der Waals surface area (Å²) < 4.78 is 29.9. The van der Waals surface area contributed by atoms with Gasteiger partial charge in [-0.25, -0.2) is 9.59 Å². The fraction of sp³-hybridized carbons (Fsp3) is 0.259. The minimum Gasteiger partial charge on any atom is -0.452 e. The van der Waals surface area contributed by atoms with Crippen LogP contribution >= 0.6 is 0 Å². The van der Waals surface area contributed by atoms with Crippen molar-refractivity contribution in [3.63, 3.8) is 0 Å². The maximum absolute atomic E-state index is 13.0. The zero-order valence-electron chi connectivity index (χ0n) is 18.5. The quantitative estimate of drug-likeness (QED) is 0.525. The van der Waals surface area contributed by atoms with Gasteiger partial charge in [0.2, 0.25) is 0 Å². The molecule has 7 heteroatoms. The Balaban J connectivity index is 1.42. The highest BCUT2D eigenvalue weighted by atomic mass is 16.8. The highest BCUT2D eigenvalue weighted by molar-refractivity contribution is 5.90. The Hall–Kier alpha value is -3.52. The minimum atomic E-state index is -0.942. The van der Waals surface area contributed by atoms with E-state index < -0.39 is 48.9 Å². The van der Waals surface area contributed by atoms with Gasteiger partial charge in [-0.15, -0.1) is 0 Å². The van der Waals surface area contributed by atoms with E-state index >= 15 is 0 Å². The molecule has 2 heterocycles. The normalized spacial score (nSPS) is 28.0. The summed E-state index contributed by atoms with van der Waals surface area (Å²) in [6.07, 6.45) is -4.74. The molecule has 2 aliphatic rings. The summed E-state index contributed by atoms with van der Waals surface area (Å²) in [5, 5.41) is 0. The molecule has 0 radical (unpaired) electrons. The van der Waals surface area contributed by atoms with E-state index in [4.69, 9.17) is 23.7 Å². The van der Waals surface area contributed by atoms with Gasteiger partial charge in [0.05, 0.1) is 17.2 Å². The summed E-state index contributed by atoms with van der Waals surface area (Å²) in [6, 6.07) is 26.7. The van der Waals surface area contributed by atoms with Crippen LogP contribution in [-0.4, -0.2) is 42.6 Å². The van der Waals surface area contributed by atoms with Crippen LogP contribution < -0.4 is 0 Å². The van der Waals surface area contributed by atoms with Gasteiger partial charge >= 0.3 is 11.9 Å². The fourth-order valence-corrected chi connectivity index (χ4v) is 4.12. The zero-order valence-corrected chi connectivity index (χ0v) is 18.5. The van der Waals surface area contributed by atoms with Crippen LogP contribution in [0.5, 0.6) is 0 Å². The third-order valence-electron chi connectivity index (χ3n) is 5.84. The van der Waals surface area contributed by atoms with Crippen molar-refractivity contribution in [3.8, 4) is 0 Å². The smallest absolute Gasteiger partial charge is 0.338 e. The predicted molar refractivity (Wildman–Crippen MR) is 121 cm³/mol. The Morgan fingerprint density at radius 1 is 0.647 bits per heavy atom. The summed E-state index contributed by atoms with van der Waals surface area (Å²) in [5.41, 5.74) is 1.57. The minimum absolute atomic E-state index is 0.379. The summed E-state index contributed by atoms with van der Waals surface area (Å²) in [5.74, 6) is -1.09. The first kappa shape index (κ1) is 22.3. The van der Waals surface area contributed by atoms with Crippen molar-refractivity contribution in [1.29, 1.82) is 0 Å². The lowest BCUT2D eigenvalue weighted by atomic mass is 9.99. The Bertz CT molecular complexity index is 1120. The summed E-state index contributed by atoms with van der Waals surface area (Å²) in [4.78, 5) is 25.8. The molecule has 0 N–H and O–H groups in total. The van der Waals surface area contributed by atoms with Crippen LogP contribution in [0.4, 0.5) is 0 Å². The van der Waals surface area contributed by atoms with Gasteiger partial charge < -0.3 is 23.7 Å². The summed E-state index contributed by atoms with van der Waals surface area (Å²) in [7, 11) is 0. The highest BCUT2D eigenvalue weighted by Gasteiger charge is 2.55. The van der Waals surface area contributed by atoms with Gasteiger partial charge in [0, 0.05) is 5.56 Å². The van der Waals surface area contributed by atoms with Crippen molar-refractivity contribution < 1.29 is 33.3 Å². The first-order valence-electron chi connectivity index (χ1n) is 11.1. The first-order valence-corrected chi connectivity index (χ1v) is 11.1. The second kappa shape index (κ2) is 9.77. The molecule has 0 saturated carbocycles. The molecule has 0 aromatic heterocycles. The Morgan fingerprint density at radius 3 is 1.71 bits per heavy atom. The van der Waals surface area contributed by atoms with Crippen LogP contribution in [0.2, 0.25) is 0 Å². The fourth-order valence-electron chi connectivity index (χ4n) is 4.12. The van der Waals surface area contributed by atoms with E-state index in [1.54, 1.807) is 55.5 Å². The van der Waals surface area contributed by atoms with Crippen molar-refractivity contribution >= 4 is 11.9 Å². The summed E-state index contributed by atoms with van der Waals surface area (Å²) in [6.45, 7) is 1.75. The van der Waals surface area contributed by atoms with Crippen LogP contribution in [0.15, 0.2) is 91.0 Å². The van der Waals surface area contributed by atoms with E-state index in [9.17, 15) is 9.59 Å². The third-order valence-corrected chi connectivity index (χ3v) is 5.84. The van der Waals surface area contributed by atoms with Gasteiger partial charge in [-0.3, -0.25) is 0 Å². The average molecular weight is 460 g/mol. The Kier molecular flexibility index (Phi) is 6.40. The summed E-state index contributed by atoms with van der Waals surface area (Å²) >= 11 is 0. The Labute approximate surface area is 197 Å². The molecule has 3 aromatic rings. The van der Waals surface area contributed by atoms with E-state index in [-0.39, 0.29) is 0 Å². The van der Waals surface area contributed by atoms with Crippen LogP contribution in [-0.2, 0) is 23.7 Å². The van der Waals surface area contributed by atoms with Crippen molar-refractivity contribution in [3.05, 3.63) is 108 Å². The lowest BCUT2D eigenvalue weighted by Crippen LogP contribution is -2.58. The topological polar surface area (TPSA) is 80.3 Å². The average Bonchev–Trinajstić information content (AvgIpc) is 3.31. The van der Waals surface area contributed by atoms with Crippen molar-refractivity contribution in [2.75, 3.05) is 0 Å². The molecule has 0 spiro atoms. The van der Waals surface area contributed by atoms with Gasteiger partial charge in [-0.05, 0) is 31.2 Å². The number of rotatable bonds is 5. The molecule has 2 aliphatic heterocycles. The van der Waals surface area contributed by atoms with Gasteiger partial charge in [0.1, 0.15) is 0 Å². The number of hydrogen-bond donors (Lipinski definition) is 0. The number of benzene rings is 3. The van der Waals surface area contributed by atoms with Gasteiger partial charge in [-0.1, -0.05) is 66.7 Å². The van der Waals surface area contributed by atoms with Crippen molar-refractivity contribution in [2.45, 2.75) is 43.9 Å². The number of carbonyl (C=O) groups is 2. The molecule has 2 saturated heterocycles. The van der Waals surface area contributed by atoms with Crippen LogP contribution in [0.25, 0.3) is 0 Å². The molecule has 3 aromatic carbocycles. The molecule has 7 nitrogen and oxygen atoms in total. The third kappa shape index (κ3) is 4.59. The number of hydrogen-bond acceptors (Lipinski definition) is 7. The molecule has 1 unspecified atom stereocenters. The molecule has 0 aliphatic carbocycles. The van der Waals surface area contributed by atoms with Crippen LogP contribution in [0.3, 0.4) is 0 Å². The highest BCUT2D eigenvalue weighted by Crippen LogP contribution is 2.40. The number of fused-ring (bicyclic) bond motifs is 1. The molecular formula is C27H24O7. The second-order valence-electron chi connectivity index (χ2n) is 8.16. The second-order valence-corrected chi connectivity index (χ2v) is 8.16. The Morgan fingerprint density at radius 2 is 1.15 bits per heavy atom. The van der Waals surface area contributed by atoms with Crippen LogP contribution in [0.1, 0.15) is 39.5 Å². The number of carbonyl (C=O) groups excluding carboxylic acids is 2. The molecule has 2 fully saturated rings. The van der Waals surface area contributed by atoms with Crippen molar-refractivity contribution in [2.24, 2.45) is 0 Å². The van der Waals surface area contributed by atoms with E-state index in [1.807, 2.05) is 42.5 Å². The predicted octanol–water partition coefficient (Wildman–Crippen LogP) is 4.30. The van der Waals surface area contributed by atoms with Gasteiger partial charge in [0.15, 0.2) is 30.9 Å². The monoisotopic (exact) mass is 460 g/mol. The van der Waals surface area contributed by atoms with Gasteiger partial charge in [-0.2, -0.15) is 0 Å². The van der Waals surface area contributed by atoms with Gasteiger partial charge in [0.25, 0.3) is 0 Å². The molecular weight excluding hydrogens is 436 g/mol. The first-order chi connectivity index (χ1) is 16.6. The molecule has 0 bridgehead atoms. The van der Waals surface area contributed by atoms with Crippen molar-refractivity contribution in [1.82, 2.24) is 0 Å². The maximum atomic E-state index is 13.0. The molecule has 174 valence electrons. The molecule has 34 heavy (non-hydrogen) atoms. The number of esters is 2. The lowest BCUT2D eigenvalue weighted by Gasteiger charge is -2.40. The molecule has 0 amide bonds. The van der Waals surface area contributed by atoms with E-state index in [0.717, 1.165) is 5.56 Å².